The molecule has 0 unspecified atom stereocenters. The van der Waals surface area contributed by atoms with Crippen molar-refractivity contribution in [3.05, 3.63) is 64.9 Å². The van der Waals surface area contributed by atoms with E-state index in [1.165, 1.54) is 18.5 Å². The van der Waals surface area contributed by atoms with Crippen LogP contribution in [0.15, 0.2) is 42.7 Å². The van der Waals surface area contributed by atoms with Gasteiger partial charge in [0.15, 0.2) is 22.8 Å². The van der Waals surface area contributed by atoms with Gasteiger partial charge in [0.1, 0.15) is 23.5 Å². The number of benzene rings is 2. The molecule has 1 aliphatic carbocycles. The van der Waals surface area contributed by atoms with Crippen molar-refractivity contribution in [3.63, 3.8) is 0 Å². The van der Waals surface area contributed by atoms with Gasteiger partial charge in [-0.25, -0.2) is 18.7 Å². The molecule has 0 bridgehead atoms. The van der Waals surface area contributed by atoms with Gasteiger partial charge in [-0.2, -0.15) is 4.98 Å². The Hall–Kier alpha value is -3.79. The fourth-order valence-electron chi connectivity index (χ4n) is 3.94. The number of aliphatic carboxylic acids is 1. The van der Waals surface area contributed by atoms with Gasteiger partial charge in [-0.1, -0.05) is 30.7 Å². The predicted molar refractivity (Wildman–Crippen MR) is 136 cm³/mol. The van der Waals surface area contributed by atoms with E-state index in [0.29, 0.717) is 45.6 Å². The van der Waals surface area contributed by atoms with Crippen LogP contribution in [0.3, 0.4) is 0 Å². The van der Waals surface area contributed by atoms with Gasteiger partial charge in [-0.05, 0) is 50.5 Å². The molecule has 198 valence electrons. The topological polar surface area (TPSA) is 99.4 Å². The molecule has 2 aromatic heterocycles. The molecule has 2 heterocycles. The maximum atomic E-state index is 14.6. The molecule has 0 saturated heterocycles. The number of halogens is 3. The number of aromatic nitrogens is 4. The third-order valence-corrected chi connectivity index (χ3v) is 6.89. The Bertz CT molecular complexity index is 1520. The number of imidazole rings is 1. The highest BCUT2D eigenvalue weighted by atomic mass is 35.5. The lowest BCUT2D eigenvalue weighted by atomic mass is 10.1. The highest BCUT2D eigenvalue weighted by molar-refractivity contribution is 6.33. The minimum absolute atomic E-state index is 0.0647. The number of carboxylic acids is 1. The average molecular weight is 543 g/mol. The Morgan fingerprint density at radius 3 is 2.74 bits per heavy atom. The van der Waals surface area contributed by atoms with Gasteiger partial charge in [-0.15, -0.1) is 0 Å². The Labute approximate surface area is 222 Å². The largest absolute Gasteiger partial charge is 0.494 e. The summed E-state index contributed by atoms with van der Waals surface area (Å²) >= 11 is 6.64. The molecule has 0 amide bonds. The number of carboxylic acid groups (broad SMARTS) is 1. The van der Waals surface area contributed by atoms with Gasteiger partial charge in [0.05, 0.1) is 24.1 Å². The fraction of sp³-hybridized carbons (Fsp3) is 0.333. The second-order valence-electron chi connectivity index (χ2n) is 9.66. The third kappa shape index (κ3) is 5.26. The molecule has 1 aliphatic rings. The van der Waals surface area contributed by atoms with Crippen LogP contribution in [0.1, 0.15) is 38.7 Å². The van der Waals surface area contributed by atoms with Crippen molar-refractivity contribution in [1.82, 2.24) is 19.5 Å². The molecule has 38 heavy (non-hydrogen) atoms. The number of rotatable bonds is 10. The Morgan fingerprint density at radius 1 is 1.24 bits per heavy atom. The summed E-state index contributed by atoms with van der Waals surface area (Å²) in [5.41, 5.74) is 1.07. The fourth-order valence-corrected chi connectivity index (χ4v) is 4.20. The summed E-state index contributed by atoms with van der Waals surface area (Å²) in [6.07, 6.45) is 3.46. The van der Waals surface area contributed by atoms with E-state index < -0.39 is 23.5 Å². The number of ether oxygens (including phenoxy) is 2. The van der Waals surface area contributed by atoms with Gasteiger partial charge < -0.3 is 19.1 Å². The Balaban J connectivity index is 1.54. The van der Waals surface area contributed by atoms with Crippen molar-refractivity contribution < 1.29 is 28.2 Å². The predicted octanol–water partition coefficient (Wildman–Crippen LogP) is 5.89. The first-order valence-electron chi connectivity index (χ1n) is 12.1. The molecule has 0 radical (unpaired) electrons. The zero-order chi connectivity index (χ0) is 27.0. The van der Waals surface area contributed by atoms with Crippen molar-refractivity contribution in [2.45, 2.75) is 45.3 Å². The molecule has 4 aromatic rings. The smallest absolute Gasteiger partial charge is 0.306 e. The minimum atomic E-state index is -0.957. The summed E-state index contributed by atoms with van der Waals surface area (Å²) in [4.78, 5) is 24.4. The molecule has 5 rings (SSSR count). The zero-order valence-electron chi connectivity index (χ0n) is 20.7. The van der Waals surface area contributed by atoms with Crippen molar-refractivity contribution >= 4 is 28.7 Å². The molecule has 1 fully saturated rings. The Morgan fingerprint density at radius 2 is 2.03 bits per heavy atom. The van der Waals surface area contributed by atoms with E-state index in [1.807, 2.05) is 6.92 Å². The number of carbonyl (C=O) groups is 1. The van der Waals surface area contributed by atoms with E-state index in [2.05, 4.69) is 9.97 Å². The summed E-state index contributed by atoms with van der Waals surface area (Å²) in [5.74, 6) is -2.21. The normalized spacial score (nSPS) is 14.9. The second kappa shape index (κ2) is 10.2. The molecule has 8 nitrogen and oxygen atoms in total. The minimum Gasteiger partial charge on any atom is -0.494 e. The van der Waals surface area contributed by atoms with Crippen LogP contribution in [0.5, 0.6) is 11.6 Å². The van der Waals surface area contributed by atoms with Crippen LogP contribution >= 0.6 is 11.6 Å². The lowest BCUT2D eigenvalue weighted by molar-refractivity contribution is -0.141. The molecule has 1 saturated carbocycles. The number of hydrogen-bond acceptors (Lipinski definition) is 6. The lowest BCUT2D eigenvalue weighted by Crippen LogP contribution is -2.13. The SMILES string of the molecule is C[C@H](CCOc1ccc(-c2nc3c(OC4(C)CC4)ncnc3n2Cc2cccc(F)c2F)c(Cl)c1)C(=O)O. The first kappa shape index (κ1) is 25.8. The van der Waals surface area contributed by atoms with E-state index in [-0.39, 0.29) is 24.3 Å². The molecule has 0 spiro atoms. The van der Waals surface area contributed by atoms with Crippen LogP contribution in [0.25, 0.3) is 22.6 Å². The van der Waals surface area contributed by atoms with E-state index >= 15 is 0 Å². The van der Waals surface area contributed by atoms with Crippen LogP contribution in [-0.2, 0) is 11.3 Å². The van der Waals surface area contributed by atoms with Gasteiger partial charge in [0.25, 0.3) is 0 Å². The van der Waals surface area contributed by atoms with Crippen molar-refractivity contribution in [3.8, 4) is 23.0 Å². The molecular formula is C27H25ClF2N4O4. The van der Waals surface area contributed by atoms with Gasteiger partial charge in [0.2, 0.25) is 5.88 Å². The van der Waals surface area contributed by atoms with Crippen molar-refractivity contribution in [2.24, 2.45) is 5.92 Å². The maximum Gasteiger partial charge on any atom is 0.306 e. The average Bonchev–Trinajstić information content (AvgIpc) is 3.49. The zero-order valence-corrected chi connectivity index (χ0v) is 21.5. The van der Waals surface area contributed by atoms with E-state index in [9.17, 15) is 13.6 Å². The van der Waals surface area contributed by atoms with E-state index in [1.54, 1.807) is 29.7 Å². The third-order valence-electron chi connectivity index (χ3n) is 6.58. The van der Waals surface area contributed by atoms with E-state index in [0.717, 1.165) is 18.9 Å². The molecule has 1 atom stereocenters. The highest BCUT2D eigenvalue weighted by Gasteiger charge is 2.41. The summed E-state index contributed by atoms with van der Waals surface area (Å²) < 4.78 is 42.1. The quantitative estimate of drug-likeness (QED) is 0.266. The van der Waals surface area contributed by atoms with Crippen molar-refractivity contribution in [2.75, 3.05) is 6.61 Å². The first-order chi connectivity index (χ1) is 18.1. The molecule has 1 N–H and O–H groups in total. The summed E-state index contributed by atoms with van der Waals surface area (Å²) in [6, 6.07) is 8.98. The van der Waals surface area contributed by atoms with Crippen LogP contribution in [0, 0.1) is 17.6 Å². The van der Waals surface area contributed by atoms with Crippen LogP contribution in [-0.4, -0.2) is 42.8 Å². The van der Waals surface area contributed by atoms with Crippen LogP contribution < -0.4 is 9.47 Å². The van der Waals surface area contributed by atoms with Gasteiger partial charge in [0, 0.05) is 11.1 Å². The maximum absolute atomic E-state index is 14.6. The summed E-state index contributed by atoms with van der Waals surface area (Å²) in [5, 5.41) is 9.35. The monoisotopic (exact) mass is 542 g/mol. The van der Waals surface area contributed by atoms with Crippen LogP contribution in [0.4, 0.5) is 8.78 Å². The highest BCUT2D eigenvalue weighted by Crippen LogP contribution is 2.41. The molecule has 11 heteroatoms. The number of hydrogen-bond donors (Lipinski definition) is 1. The Kier molecular flexibility index (Phi) is 6.92. The number of fused-ring (bicyclic) bond motifs is 1. The standard InChI is InChI=1S/C27H25ClF2N4O4/c1-15(26(35)36)8-11-37-17-6-7-18(19(28)12-17)23-33-22-24(31-14-32-25(22)38-27(2)9-10-27)34(23)13-16-4-3-5-20(29)21(16)30/h3-7,12,14-15H,8-11,13H2,1-2H3,(H,35,36)/t15-/m1/s1. The van der Waals surface area contributed by atoms with E-state index in [4.69, 9.17) is 31.2 Å². The van der Waals surface area contributed by atoms with Crippen LogP contribution in [0.2, 0.25) is 5.02 Å². The molecule has 0 aliphatic heterocycles. The number of nitrogens with zero attached hydrogens (tertiary/aromatic N) is 4. The summed E-state index contributed by atoms with van der Waals surface area (Å²) in [7, 11) is 0. The molecular weight excluding hydrogens is 518 g/mol. The van der Waals surface area contributed by atoms with Crippen molar-refractivity contribution in [1.29, 1.82) is 0 Å². The molecule has 2 aromatic carbocycles. The summed E-state index contributed by atoms with van der Waals surface area (Å²) in [6.45, 7) is 3.73. The first-order valence-corrected chi connectivity index (χ1v) is 12.5. The lowest BCUT2D eigenvalue weighted by Gasteiger charge is -2.13. The van der Waals surface area contributed by atoms with Gasteiger partial charge in [-0.3, -0.25) is 4.79 Å². The van der Waals surface area contributed by atoms with Gasteiger partial charge >= 0.3 is 5.97 Å². The second-order valence-corrected chi connectivity index (χ2v) is 10.1.